The number of β-amino-alcohol motifs (C(OH)–C–C–N with tert-alkyl or cyclic N) is 1. The molecule has 1 saturated heterocycles. The van der Waals surface area contributed by atoms with E-state index in [1.54, 1.807) is 16.2 Å². The summed E-state index contributed by atoms with van der Waals surface area (Å²) in [7, 11) is 0. The first-order valence-corrected chi connectivity index (χ1v) is 7.14. The number of nitrogens with zero attached hydrogens (tertiary/aromatic N) is 1. The molecule has 3 nitrogen and oxygen atoms in total. The van der Waals surface area contributed by atoms with Gasteiger partial charge in [-0.3, -0.25) is 4.79 Å². The zero-order chi connectivity index (χ0) is 11.8. The summed E-state index contributed by atoms with van der Waals surface area (Å²) < 4.78 is 0. The van der Waals surface area contributed by atoms with Crippen molar-refractivity contribution in [3.63, 3.8) is 0 Å². The average Bonchev–Trinajstić information content (AvgIpc) is 2.88. The minimum absolute atomic E-state index is 0.114. The summed E-state index contributed by atoms with van der Waals surface area (Å²) in [6, 6.07) is 2.07. The zero-order valence-electron chi connectivity index (χ0n) is 9.82. The minimum atomic E-state index is -0.334. The normalized spacial score (nSPS) is 23.8. The monoisotopic (exact) mass is 251 g/mol. The summed E-state index contributed by atoms with van der Waals surface area (Å²) in [5, 5.41) is 9.60. The standard InChI is InChI=1S/C13H17NO2S/c15-10-4-2-6-14(8-10)13(16)12-7-9-3-1-5-11(9)17-12/h7,10,15H,1-6,8H2. The van der Waals surface area contributed by atoms with Crippen LogP contribution < -0.4 is 0 Å². The van der Waals surface area contributed by atoms with Gasteiger partial charge in [-0.2, -0.15) is 0 Å². The summed E-state index contributed by atoms with van der Waals surface area (Å²) in [5.74, 6) is 0.114. The van der Waals surface area contributed by atoms with E-state index in [2.05, 4.69) is 6.07 Å². The molecule has 2 heterocycles. The van der Waals surface area contributed by atoms with Gasteiger partial charge in [0.15, 0.2) is 0 Å². The van der Waals surface area contributed by atoms with Crippen LogP contribution >= 0.6 is 11.3 Å². The molecule has 2 aliphatic rings. The van der Waals surface area contributed by atoms with Crippen LogP contribution in [0.4, 0.5) is 0 Å². The van der Waals surface area contributed by atoms with E-state index in [4.69, 9.17) is 0 Å². The van der Waals surface area contributed by atoms with Gasteiger partial charge in [0.25, 0.3) is 5.91 Å². The molecule has 1 N–H and O–H groups in total. The first-order chi connectivity index (χ1) is 8.24. The third-order valence-electron chi connectivity index (χ3n) is 3.64. The number of carbonyl (C=O) groups excluding carboxylic acids is 1. The Kier molecular flexibility index (Phi) is 2.92. The summed E-state index contributed by atoms with van der Waals surface area (Å²) in [6.45, 7) is 1.29. The van der Waals surface area contributed by atoms with Gasteiger partial charge in [-0.25, -0.2) is 0 Å². The topological polar surface area (TPSA) is 40.5 Å². The molecule has 0 spiro atoms. The Morgan fingerprint density at radius 2 is 2.29 bits per heavy atom. The first kappa shape index (κ1) is 11.2. The van der Waals surface area contributed by atoms with Crippen LogP contribution in [0.15, 0.2) is 6.07 Å². The van der Waals surface area contributed by atoms with E-state index in [1.807, 2.05) is 0 Å². The fourth-order valence-electron chi connectivity index (χ4n) is 2.73. The number of aliphatic hydroxyl groups is 1. The molecule has 3 rings (SSSR count). The predicted molar refractivity (Wildman–Crippen MR) is 67.5 cm³/mol. The number of likely N-dealkylation sites (tertiary alicyclic amines) is 1. The van der Waals surface area contributed by atoms with Crippen molar-refractivity contribution in [3.8, 4) is 0 Å². The predicted octanol–water partition coefficient (Wildman–Crippen LogP) is 1.83. The van der Waals surface area contributed by atoms with Crippen LogP contribution in [0, 0.1) is 0 Å². The number of thiophene rings is 1. The number of piperidine rings is 1. The third kappa shape index (κ3) is 2.11. The molecule has 92 valence electrons. The Hall–Kier alpha value is -0.870. The largest absolute Gasteiger partial charge is 0.391 e. The first-order valence-electron chi connectivity index (χ1n) is 6.33. The molecular weight excluding hydrogens is 234 g/mol. The van der Waals surface area contributed by atoms with Crippen LogP contribution in [0.2, 0.25) is 0 Å². The van der Waals surface area contributed by atoms with E-state index in [1.165, 1.54) is 16.9 Å². The highest BCUT2D eigenvalue weighted by Crippen LogP contribution is 2.31. The van der Waals surface area contributed by atoms with Gasteiger partial charge < -0.3 is 10.0 Å². The van der Waals surface area contributed by atoms with Crippen molar-refractivity contribution in [2.24, 2.45) is 0 Å². The van der Waals surface area contributed by atoms with Crippen LogP contribution in [-0.4, -0.2) is 35.1 Å². The summed E-state index contributed by atoms with van der Waals surface area (Å²) in [6.07, 6.45) is 4.90. The molecule has 1 unspecified atom stereocenters. The Morgan fingerprint density at radius 3 is 3.06 bits per heavy atom. The van der Waals surface area contributed by atoms with Crippen LogP contribution in [0.1, 0.15) is 39.4 Å². The second-order valence-corrected chi connectivity index (χ2v) is 6.10. The van der Waals surface area contributed by atoms with Gasteiger partial charge in [-0.05, 0) is 43.7 Å². The molecule has 0 bridgehead atoms. The molecule has 1 fully saturated rings. The lowest BCUT2D eigenvalue weighted by molar-refractivity contribution is 0.0477. The van der Waals surface area contributed by atoms with Gasteiger partial charge in [0, 0.05) is 18.0 Å². The smallest absolute Gasteiger partial charge is 0.264 e. The van der Waals surface area contributed by atoms with Crippen molar-refractivity contribution in [3.05, 3.63) is 21.4 Å². The molecule has 17 heavy (non-hydrogen) atoms. The number of rotatable bonds is 1. The zero-order valence-corrected chi connectivity index (χ0v) is 10.6. The molecule has 1 amide bonds. The van der Waals surface area contributed by atoms with E-state index in [0.717, 1.165) is 37.1 Å². The van der Waals surface area contributed by atoms with E-state index in [0.29, 0.717) is 6.54 Å². The number of amides is 1. The van der Waals surface area contributed by atoms with Crippen molar-refractivity contribution >= 4 is 17.2 Å². The summed E-state index contributed by atoms with van der Waals surface area (Å²) in [4.78, 5) is 16.3. The Labute approximate surface area is 105 Å². The van der Waals surface area contributed by atoms with E-state index in [-0.39, 0.29) is 12.0 Å². The van der Waals surface area contributed by atoms with E-state index < -0.39 is 0 Å². The number of aryl methyl sites for hydroxylation is 2. The highest BCUT2D eigenvalue weighted by Gasteiger charge is 2.26. The van der Waals surface area contributed by atoms with Crippen LogP contribution in [0.3, 0.4) is 0 Å². The number of aliphatic hydroxyl groups excluding tert-OH is 1. The van der Waals surface area contributed by atoms with Crippen molar-refractivity contribution in [1.29, 1.82) is 0 Å². The van der Waals surface area contributed by atoms with Gasteiger partial charge >= 0.3 is 0 Å². The number of carbonyl (C=O) groups is 1. The maximum Gasteiger partial charge on any atom is 0.264 e. The van der Waals surface area contributed by atoms with Crippen molar-refractivity contribution in [2.75, 3.05) is 13.1 Å². The molecule has 4 heteroatoms. The summed E-state index contributed by atoms with van der Waals surface area (Å²) >= 11 is 1.65. The fraction of sp³-hybridized carbons (Fsp3) is 0.615. The molecule has 1 aromatic heterocycles. The van der Waals surface area contributed by atoms with Gasteiger partial charge in [0.05, 0.1) is 11.0 Å². The van der Waals surface area contributed by atoms with Crippen molar-refractivity contribution in [1.82, 2.24) is 4.90 Å². The summed E-state index contributed by atoms with van der Waals surface area (Å²) in [5.41, 5.74) is 1.37. The molecule has 1 aromatic rings. The van der Waals surface area contributed by atoms with E-state index in [9.17, 15) is 9.90 Å². The lowest BCUT2D eigenvalue weighted by Gasteiger charge is -2.29. The molecule has 0 aromatic carbocycles. The second-order valence-electron chi connectivity index (χ2n) is 4.96. The molecule has 1 aliphatic heterocycles. The Balaban J connectivity index is 1.76. The Morgan fingerprint density at radius 1 is 1.41 bits per heavy atom. The molecule has 1 aliphatic carbocycles. The second kappa shape index (κ2) is 4.42. The number of hydrogen-bond donors (Lipinski definition) is 1. The van der Waals surface area contributed by atoms with Crippen molar-refractivity contribution < 1.29 is 9.90 Å². The van der Waals surface area contributed by atoms with Gasteiger partial charge in [-0.1, -0.05) is 0 Å². The maximum atomic E-state index is 12.3. The van der Waals surface area contributed by atoms with Gasteiger partial charge in [0.1, 0.15) is 0 Å². The molecular formula is C13H17NO2S. The van der Waals surface area contributed by atoms with Crippen LogP contribution in [-0.2, 0) is 12.8 Å². The quantitative estimate of drug-likeness (QED) is 0.827. The van der Waals surface area contributed by atoms with Crippen LogP contribution in [0.5, 0.6) is 0 Å². The van der Waals surface area contributed by atoms with E-state index >= 15 is 0 Å². The highest BCUT2D eigenvalue weighted by atomic mass is 32.1. The lowest BCUT2D eigenvalue weighted by atomic mass is 10.1. The Bertz CT molecular complexity index is 419. The maximum absolute atomic E-state index is 12.3. The fourth-order valence-corrected chi connectivity index (χ4v) is 3.95. The third-order valence-corrected chi connectivity index (χ3v) is 4.87. The SMILES string of the molecule is O=C(c1cc2c(s1)CCC2)N1CCCC(O)C1. The molecule has 0 saturated carbocycles. The highest BCUT2D eigenvalue weighted by molar-refractivity contribution is 7.14. The number of fused-ring (bicyclic) bond motifs is 1. The average molecular weight is 251 g/mol. The molecule has 1 atom stereocenters. The minimum Gasteiger partial charge on any atom is -0.391 e. The lowest BCUT2D eigenvalue weighted by Crippen LogP contribution is -2.41. The van der Waals surface area contributed by atoms with Gasteiger partial charge in [-0.15, -0.1) is 11.3 Å². The molecule has 0 radical (unpaired) electrons. The van der Waals surface area contributed by atoms with Crippen LogP contribution in [0.25, 0.3) is 0 Å². The number of hydrogen-bond acceptors (Lipinski definition) is 3. The van der Waals surface area contributed by atoms with Gasteiger partial charge in [0.2, 0.25) is 0 Å². The van der Waals surface area contributed by atoms with Crippen molar-refractivity contribution in [2.45, 2.75) is 38.2 Å².